The van der Waals surface area contributed by atoms with Crippen LogP contribution in [0.3, 0.4) is 0 Å². The second kappa shape index (κ2) is 8.11. The third-order valence-electron chi connectivity index (χ3n) is 6.21. The van der Waals surface area contributed by atoms with Crippen LogP contribution in [0.25, 0.3) is 0 Å². The molecule has 4 rings (SSSR count). The van der Waals surface area contributed by atoms with Gasteiger partial charge in [0.1, 0.15) is 5.54 Å². The summed E-state index contributed by atoms with van der Waals surface area (Å²) in [5.41, 5.74) is -0.363. The molecular weight excluding hydrogens is 404 g/mol. The Kier molecular flexibility index (Phi) is 5.67. The lowest BCUT2D eigenvalue weighted by Crippen LogP contribution is -2.45. The van der Waals surface area contributed by atoms with Crippen LogP contribution in [0.15, 0.2) is 33.7 Å². The van der Waals surface area contributed by atoms with Crippen LogP contribution in [-0.2, 0) is 15.6 Å². The Balaban J connectivity index is 1.59. The van der Waals surface area contributed by atoms with Crippen LogP contribution < -0.4 is 5.32 Å². The smallest absolute Gasteiger partial charge is 0.252 e. The summed E-state index contributed by atoms with van der Waals surface area (Å²) in [6.45, 7) is 4.17. The Morgan fingerprint density at radius 2 is 2.00 bits per heavy atom. The van der Waals surface area contributed by atoms with Crippen molar-refractivity contribution >= 4 is 15.9 Å². The fraction of sp³-hybridized carbons (Fsp3) is 0.571. The largest absolute Gasteiger partial charge is 0.340 e. The minimum absolute atomic E-state index is 0.0375. The first kappa shape index (κ1) is 21.0. The van der Waals surface area contributed by atoms with Crippen LogP contribution >= 0.6 is 0 Å². The summed E-state index contributed by atoms with van der Waals surface area (Å²) >= 11 is 0. The quantitative estimate of drug-likeness (QED) is 0.778. The zero-order valence-corrected chi connectivity index (χ0v) is 18.2. The first-order valence-electron chi connectivity index (χ1n) is 10.6. The van der Waals surface area contributed by atoms with Gasteiger partial charge in [-0.25, -0.2) is 8.42 Å². The third-order valence-corrected chi connectivity index (χ3v) is 8.22. The summed E-state index contributed by atoms with van der Waals surface area (Å²) in [6.07, 6.45) is 6.10. The molecule has 1 aromatic carbocycles. The maximum Gasteiger partial charge on any atom is 0.252 e. The molecule has 1 N–H and O–H groups in total. The van der Waals surface area contributed by atoms with Gasteiger partial charge in [0.2, 0.25) is 15.9 Å². The topological polar surface area (TPSA) is 105 Å². The lowest BCUT2D eigenvalue weighted by atomic mass is 9.96. The summed E-state index contributed by atoms with van der Waals surface area (Å²) in [5.74, 6) is 0.606. The zero-order valence-electron chi connectivity index (χ0n) is 17.4. The zero-order chi connectivity index (χ0) is 21.4. The first-order chi connectivity index (χ1) is 14.3. The van der Waals surface area contributed by atoms with Crippen molar-refractivity contribution in [2.24, 2.45) is 0 Å². The van der Waals surface area contributed by atoms with E-state index in [9.17, 15) is 13.2 Å². The van der Waals surface area contributed by atoms with Crippen molar-refractivity contribution in [2.75, 3.05) is 6.54 Å². The monoisotopic (exact) mass is 432 g/mol. The van der Waals surface area contributed by atoms with E-state index in [0.29, 0.717) is 23.8 Å². The minimum Gasteiger partial charge on any atom is -0.340 e. The minimum atomic E-state index is -3.64. The molecule has 0 spiro atoms. The predicted molar refractivity (Wildman–Crippen MR) is 110 cm³/mol. The van der Waals surface area contributed by atoms with Gasteiger partial charge >= 0.3 is 0 Å². The highest BCUT2D eigenvalue weighted by molar-refractivity contribution is 7.89. The number of aromatic nitrogens is 2. The molecule has 1 amide bonds. The van der Waals surface area contributed by atoms with Crippen molar-refractivity contribution in [3.63, 3.8) is 0 Å². The van der Waals surface area contributed by atoms with Gasteiger partial charge in [0, 0.05) is 25.1 Å². The summed E-state index contributed by atoms with van der Waals surface area (Å²) < 4.78 is 33.0. The van der Waals surface area contributed by atoms with E-state index in [0.717, 1.165) is 44.9 Å². The average Bonchev–Trinajstić information content (AvgIpc) is 3.38. The number of piperidine rings is 1. The molecule has 2 aliphatic rings. The van der Waals surface area contributed by atoms with Gasteiger partial charge in [-0.2, -0.15) is 9.29 Å². The number of nitrogens with one attached hydrogen (secondary N) is 1. The van der Waals surface area contributed by atoms with Crippen LogP contribution in [0.4, 0.5) is 0 Å². The molecule has 2 fully saturated rings. The summed E-state index contributed by atoms with van der Waals surface area (Å²) in [6, 6.07) is 6.25. The number of nitrogens with zero attached hydrogens (tertiary/aromatic N) is 3. The van der Waals surface area contributed by atoms with Gasteiger partial charge in [-0.15, -0.1) is 0 Å². The van der Waals surface area contributed by atoms with Crippen molar-refractivity contribution < 1.29 is 17.7 Å². The number of amides is 1. The maximum absolute atomic E-state index is 13.2. The van der Waals surface area contributed by atoms with Crippen LogP contribution in [0.5, 0.6) is 0 Å². The van der Waals surface area contributed by atoms with Crippen molar-refractivity contribution in [3.05, 3.63) is 41.5 Å². The Morgan fingerprint density at radius 3 is 2.67 bits per heavy atom. The number of benzene rings is 1. The van der Waals surface area contributed by atoms with E-state index >= 15 is 0 Å². The first-order valence-corrected chi connectivity index (χ1v) is 12.0. The number of hydrogen-bond acceptors (Lipinski definition) is 6. The van der Waals surface area contributed by atoms with Gasteiger partial charge < -0.3 is 9.84 Å². The molecule has 1 aliphatic heterocycles. The Labute approximate surface area is 177 Å². The second-order valence-corrected chi connectivity index (χ2v) is 10.3. The van der Waals surface area contributed by atoms with E-state index in [4.69, 9.17) is 4.52 Å². The molecule has 0 radical (unpaired) electrons. The van der Waals surface area contributed by atoms with Gasteiger partial charge in [0.15, 0.2) is 5.82 Å². The van der Waals surface area contributed by atoms with Gasteiger partial charge in [-0.05, 0) is 50.8 Å². The fourth-order valence-electron chi connectivity index (χ4n) is 4.53. The Bertz CT molecular complexity index is 1030. The van der Waals surface area contributed by atoms with Crippen LogP contribution in [-0.4, -0.2) is 41.4 Å². The Hall–Kier alpha value is -2.26. The van der Waals surface area contributed by atoms with Gasteiger partial charge in [0.05, 0.1) is 4.90 Å². The maximum atomic E-state index is 13.2. The normalized spacial score (nSPS) is 22.1. The SMILES string of the molecule is Cc1nc(C2(NC(=O)c3cccc(S(=O)(=O)N4CCCCC4C)c3)CCCC2)no1. The summed E-state index contributed by atoms with van der Waals surface area (Å²) in [5, 5.41) is 7.11. The molecule has 1 saturated heterocycles. The summed E-state index contributed by atoms with van der Waals surface area (Å²) in [4.78, 5) is 17.6. The molecule has 1 atom stereocenters. The molecule has 1 aromatic heterocycles. The number of rotatable bonds is 5. The van der Waals surface area contributed by atoms with E-state index in [1.807, 2.05) is 6.92 Å². The van der Waals surface area contributed by atoms with E-state index in [-0.39, 0.29) is 16.8 Å². The second-order valence-electron chi connectivity index (χ2n) is 8.37. The van der Waals surface area contributed by atoms with Gasteiger partial charge in [-0.3, -0.25) is 4.79 Å². The molecule has 162 valence electrons. The van der Waals surface area contributed by atoms with E-state index in [2.05, 4.69) is 15.5 Å². The van der Waals surface area contributed by atoms with Gasteiger partial charge in [-0.1, -0.05) is 30.5 Å². The number of carbonyl (C=O) groups is 1. The van der Waals surface area contributed by atoms with E-state index in [1.54, 1.807) is 29.4 Å². The number of sulfonamides is 1. The van der Waals surface area contributed by atoms with E-state index in [1.165, 1.54) is 6.07 Å². The molecule has 2 aromatic rings. The van der Waals surface area contributed by atoms with Crippen LogP contribution in [0.1, 0.15) is 73.9 Å². The highest BCUT2D eigenvalue weighted by atomic mass is 32.2. The molecule has 1 aliphatic carbocycles. The van der Waals surface area contributed by atoms with Gasteiger partial charge in [0.25, 0.3) is 5.91 Å². The standard InChI is InChI=1S/C21H28N4O4S/c1-15-8-3-6-13-25(15)30(27,28)18-10-7-9-17(14-18)19(26)23-21(11-4-5-12-21)20-22-16(2)29-24-20/h7,9-10,14-15H,3-6,8,11-13H2,1-2H3,(H,23,26). The fourth-order valence-corrected chi connectivity index (χ4v) is 6.27. The molecule has 9 heteroatoms. The predicted octanol–water partition coefficient (Wildman–Crippen LogP) is 3.14. The van der Waals surface area contributed by atoms with Crippen molar-refractivity contribution in [2.45, 2.75) is 75.3 Å². The molecule has 1 saturated carbocycles. The molecule has 30 heavy (non-hydrogen) atoms. The molecule has 2 heterocycles. The van der Waals surface area contributed by atoms with Crippen LogP contribution in [0.2, 0.25) is 0 Å². The van der Waals surface area contributed by atoms with E-state index < -0.39 is 15.6 Å². The van der Waals surface area contributed by atoms with Crippen molar-refractivity contribution in [1.82, 2.24) is 19.8 Å². The molecular formula is C21H28N4O4S. The third kappa shape index (κ3) is 3.88. The highest BCUT2D eigenvalue weighted by Gasteiger charge is 2.41. The molecule has 1 unspecified atom stereocenters. The number of hydrogen-bond donors (Lipinski definition) is 1. The molecule has 0 bridgehead atoms. The van der Waals surface area contributed by atoms with Crippen molar-refractivity contribution in [3.8, 4) is 0 Å². The lowest BCUT2D eigenvalue weighted by molar-refractivity contribution is 0.0891. The lowest BCUT2D eigenvalue weighted by Gasteiger charge is -2.32. The average molecular weight is 433 g/mol. The summed E-state index contributed by atoms with van der Waals surface area (Å²) in [7, 11) is -3.64. The Morgan fingerprint density at radius 1 is 1.23 bits per heavy atom. The van der Waals surface area contributed by atoms with Crippen molar-refractivity contribution in [1.29, 1.82) is 0 Å². The number of carbonyl (C=O) groups excluding carboxylic acids is 1. The highest BCUT2D eigenvalue weighted by Crippen LogP contribution is 2.37. The number of aryl methyl sites for hydroxylation is 1. The van der Waals surface area contributed by atoms with Crippen LogP contribution in [0, 0.1) is 6.92 Å². The molecule has 8 nitrogen and oxygen atoms in total.